The molecule has 0 spiro atoms. The number of rotatable bonds is 5. The Kier molecular flexibility index (Phi) is 5.27. The largest absolute Gasteiger partial charge is 0.457 e. The molecule has 112 valence electrons. The molecule has 0 aliphatic heterocycles. The van der Waals surface area contributed by atoms with Crippen LogP contribution in [0.4, 0.5) is 0 Å². The molecular formula is C18H21ClO2. The highest BCUT2D eigenvalue weighted by Gasteiger charge is 2.08. The third-order valence-electron chi connectivity index (χ3n) is 3.72. The predicted molar refractivity (Wildman–Crippen MR) is 87.3 cm³/mol. The molecule has 0 radical (unpaired) electrons. The van der Waals surface area contributed by atoms with Crippen molar-refractivity contribution in [1.82, 2.24) is 0 Å². The SMILES string of the molecule is CCC(C)c1ccc(Oc2ccc(C(C)O)c(Cl)c2)cc1. The maximum atomic E-state index is 9.57. The lowest BCUT2D eigenvalue weighted by Crippen LogP contribution is -1.94. The van der Waals surface area contributed by atoms with Crippen LogP contribution in [0.2, 0.25) is 5.02 Å². The second-order valence-electron chi connectivity index (χ2n) is 5.34. The fraction of sp³-hybridized carbons (Fsp3) is 0.333. The van der Waals surface area contributed by atoms with E-state index in [1.165, 1.54) is 5.56 Å². The van der Waals surface area contributed by atoms with Gasteiger partial charge in [0.15, 0.2) is 0 Å². The number of hydrogen-bond acceptors (Lipinski definition) is 2. The van der Waals surface area contributed by atoms with Crippen molar-refractivity contribution in [3.8, 4) is 11.5 Å². The molecule has 0 bridgehead atoms. The third kappa shape index (κ3) is 3.99. The van der Waals surface area contributed by atoms with Gasteiger partial charge in [-0.3, -0.25) is 0 Å². The molecule has 0 fully saturated rings. The maximum absolute atomic E-state index is 9.57. The summed E-state index contributed by atoms with van der Waals surface area (Å²) in [5, 5.41) is 10.1. The molecule has 2 nitrogen and oxygen atoms in total. The second kappa shape index (κ2) is 6.97. The summed E-state index contributed by atoms with van der Waals surface area (Å²) in [6.07, 6.45) is 0.540. The van der Waals surface area contributed by atoms with Crippen LogP contribution in [0.5, 0.6) is 11.5 Å². The molecule has 2 rings (SSSR count). The molecule has 0 saturated carbocycles. The third-order valence-corrected chi connectivity index (χ3v) is 4.05. The van der Waals surface area contributed by atoms with E-state index in [2.05, 4.69) is 26.0 Å². The van der Waals surface area contributed by atoms with Gasteiger partial charge in [-0.1, -0.05) is 43.6 Å². The first kappa shape index (κ1) is 15.9. The average Bonchev–Trinajstić information content (AvgIpc) is 2.47. The van der Waals surface area contributed by atoms with Crippen LogP contribution in [-0.2, 0) is 0 Å². The lowest BCUT2D eigenvalue weighted by Gasteiger charge is -2.12. The summed E-state index contributed by atoms with van der Waals surface area (Å²) in [5.41, 5.74) is 2.02. The van der Waals surface area contributed by atoms with Crippen LogP contribution >= 0.6 is 11.6 Å². The monoisotopic (exact) mass is 304 g/mol. The zero-order valence-electron chi connectivity index (χ0n) is 12.6. The summed E-state index contributed by atoms with van der Waals surface area (Å²) >= 11 is 6.14. The van der Waals surface area contributed by atoms with Crippen LogP contribution < -0.4 is 4.74 Å². The molecule has 1 N–H and O–H groups in total. The van der Waals surface area contributed by atoms with Gasteiger partial charge in [-0.15, -0.1) is 0 Å². The fourth-order valence-electron chi connectivity index (χ4n) is 2.15. The summed E-state index contributed by atoms with van der Waals surface area (Å²) in [6.45, 7) is 6.08. The minimum Gasteiger partial charge on any atom is -0.457 e. The van der Waals surface area contributed by atoms with Crippen molar-refractivity contribution in [2.45, 2.75) is 39.2 Å². The Morgan fingerprint density at radius 1 is 1.05 bits per heavy atom. The molecule has 2 atom stereocenters. The van der Waals surface area contributed by atoms with Crippen LogP contribution in [0.15, 0.2) is 42.5 Å². The molecule has 3 heteroatoms. The molecule has 0 aromatic heterocycles. The lowest BCUT2D eigenvalue weighted by atomic mass is 9.99. The van der Waals surface area contributed by atoms with Crippen molar-refractivity contribution in [3.63, 3.8) is 0 Å². The maximum Gasteiger partial charge on any atom is 0.128 e. The number of hydrogen-bond donors (Lipinski definition) is 1. The fourth-order valence-corrected chi connectivity index (χ4v) is 2.47. The number of ether oxygens (including phenoxy) is 1. The van der Waals surface area contributed by atoms with Crippen LogP contribution in [0.3, 0.4) is 0 Å². The summed E-state index contributed by atoms with van der Waals surface area (Å²) in [5.74, 6) is 2.00. The lowest BCUT2D eigenvalue weighted by molar-refractivity contribution is 0.199. The van der Waals surface area contributed by atoms with Gasteiger partial charge in [-0.25, -0.2) is 0 Å². The molecule has 21 heavy (non-hydrogen) atoms. The Bertz CT molecular complexity index is 591. The Balaban J connectivity index is 2.13. The number of aliphatic hydroxyl groups is 1. The Morgan fingerprint density at radius 3 is 2.19 bits per heavy atom. The van der Waals surface area contributed by atoms with Crippen LogP contribution in [0, 0.1) is 0 Å². The molecule has 2 unspecified atom stereocenters. The summed E-state index contributed by atoms with van der Waals surface area (Å²) in [4.78, 5) is 0. The Morgan fingerprint density at radius 2 is 1.67 bits per heavy atom. The molecule has 2 aromatic carbocycles. The molecule has 0 amide bonds. The zero-order chi connectivity index (χ0) is 15.4. The minimum absolute atomic E-state index is 0.513. The van der Waals surface area contributed by atoms with E-state index in [4.69, 9.17) is 16.3 Å². The van der Waals surface area contributed by atoms with E-state index in [0.29, 0.717) is 22.3 Å². The van der Waals surface area contributed by atoms with E-state index in [1.807, 2.05) is 18.2 Å². The van der Waals surface area contributed by atoms with Crippen molar-refractivity contribution < 1.29 is 9.84 Å². The highest BCUT2D eigenvalue weighted by atomic mass is 35.5. The molecule has 0 saturated heterocycles. The van der Waals surface area contributed by atoms with E-state index >= 15 is 0 Å². The minimum atomic E-state index is -0.582. The summed E-state index contributed by atoms with van der Waals surface area (Å²) in [7, 11) is 0. The standard InChI is InChI=1S/C18H21ClO2/c1-4-12(2)14-5-7-15(8-6-14)21-16-9-10-17(13(3)20)18(19)11-16/h5-13,20H,4H2,1-3H3. The van der Waals surface area contributed by atoms with Crippen molar-refractivity contribution in [2.75, 3.05) is 0 Å². The van der Waals surface area contributed by atoms with Gasteiger partial charge < -0.3 is 9.84 Å². The van der Waals surface area contributed by atoms with Gasteiger partial charge in [0.05, 0.1) is 11.1 Å². The van der Waals surface area contributed by atoms with E-state index in [9.17, 15) is 5.11 Å². The van der Waals surface area contributed by atoms with Crippen molar-refractivity contribution in [3.05, 3.63) is 58.6 Å². The van der Waals surface area contributed by atoms with Crippen molar-refractivity contribution in [2.24, 2.45) is 0 Å². The zero-order valence-corrected chi connectivity index (χ0v) is 13.4. The van der Waals surface area contributed by atoms with E-state index < -0.39 is 6.10 Å². The first-order valence-electron chi connectivity index (χ1n) is 7.26. The summed E-state index contributed by atoms with van der Waals surface area (Å²) < 4.78 is 5.80. The highest BCUT2D eigenvalue weighted by Crippen LogP contribution is 2.30. The van der Waals surface area contributed by atoms with Crippen LogP contribution in [0.25, 0.3) is 0 Å². The number of aliphatic hydroxyl groups excluding tert-OH is 1. The topological polar surface area (TPSA) is 29.5 Å². The van der Waals surface area contributed by atoms with Crippen LogP contribution in [0.1, 0.15) is 50.3 Å². The molecule has 0 heterocycles. The van der Waals surface area contributed by atoms with Crippen LogP contribution in [-0.4, -0.2) is 5.11 Å². The normalized spacial score (nSPS) is 13.8. The van der Waals surface area contributed by atoms with Crippen molar-refractivity contribution >= 4 is 11.6 Å². The highest BCUT2D eigenvalue weighted by molar-refractivity contribution is 6.31. The first-order valence-corrected chi connectivity index (χ1v) is 7.64. The van der Waals surface area contributed by atoms with E-state index in [1.54, 1.807) is 19.1 Å². The van der Waals surface area contributed by atoms with Gasteiger partial charge in [0.1, 0.15) is 11.5 Å². The second-order valence-corrected chi connectivity index (χ2v) is 5.75. The van der Waals surface area contributed by atoms with Gasteiger partial charge in [0, 0.05) is 0 Å². The van der Waals surface area contributed by atoms with Gasteiger partial charge in [-0.05, 0) is 54.7 Å². The number of halogens is 1. The molecule has 2 aromatic rings. The van der Waals surface area contributed by atoms with Gasteiger partial charge in [0.2, 0.25) is 0 Å². The molecule has 0 aliphatic carbocycles. The van der Waals surface area contributed by atoms with Gasteiger partial charge in [-0.2, -0.15) is 0 Å². The molecular weight excluding hydrogens is 284 g/mol. The Labute approximate surface area is 131 Å². The molecule has 0 aliphatic rings. The van der Waals surface area contributed by atoms with Gasteiger partial charge >= 0.3 is 0 Å². The smallest absolute Gasteiger partial charge is 0.128 e. The van der Waals surface area contributed by atoms with E-state index in [0.717, 1.165) is 12.2 Å². The predicted octanol–water partition coefficient (Wildman–Crippen LogP) is 5.70. The van der Waals surface area contributed by atoms with Crippen molar-refractivity contribution in [1.29, 1.82) is 0 Å². The van der Waals surface area contributed by atoms with E-state index in [-0.39, 0.29) is 0 Å². The quantitative estimate of drug-likeness (QED) is 0.768. The van der Waals surface area contributed by atoms with Gasteiger partial charge in [0.25, 0.3) is 0 Å². The number of benzene rings is 2. The first-order chi connectivity index (χ1) is 10.0. The Hall–Kier alpha value is -1.51. The summed E-state index contributed by atoms with van der Waals surface area (Å²) in [6, 6.07) is 13.5. The average molecular weight is 305 g/mol.